The van der Waals surface area contributed by atoms with Gasteiger partial charge in [0.2, 0.25) is 9.84 Å². The van der Waals surface area contributed by atoms with Crippen LogP contribution in [0.25, 0.3) is 0 Å². The van der Waals surface area contributed by atoms with E-state index < -0.39 is 27.0 Å². The first-order valence-corrected chi connectivity index (χ1v) is 5.01. The van der Waals surface area contributed by atoms with Crippen molar-refractivity contribution in [2.75, 3.05) is 12.1 Å². The molecule has 1 aromatic rings. The van der Waals surface area contributed by atoms with E-state index in [1.807, 2.05) is 0 Å². The Hall–Kier alpha value is -1.32. The van der Waals surface area contributed by atoms with Gasteiger partial charge in [-0.3, -0.25) is 0 Å². The molecule has 0 spiro atoms. The minimum atomic E-state index is -4.83. The van der Waals surface area contributed by atoms with Crippen molar-refractivity contribution in [1.82, 2.24) is 14.9 Å². The van der Waals surface area contributed by atoms with Crippen LogP contribution in [0.4, 0.5) is 13.2 Å². The number of hydrogen-bond donors (Lipinski definition) is 1. The number of hydrogen-bond acceptors (Lipinski definition) is 5. The van der Waals surface area contributed by atoms with Crippen LogP contribution >= 0.6 is 0 Å². The maximum atomic E-state index is 12.1. The highest BCUT2D eigenvalue weighted by molar-refractivity contribution is 7.90. The molecule has 14 heavy (non-hydrogen) atoms. The highest BCUT2D eigenvalue weighted by atomic mass is 32.2. The molecule has 0 aromatic carbocycles. The van der Waals surface area contributed by atoms with Crippen LogP contribution in [0.2, 0.25) is 0 Å². The number of nitrogens with zero attached hydrogens (tertiary/aromatic N) is 3. The number of sulfone groups is 1. The second-order valence-corrected chi connectivity index (χ2v) is 4.36. The largest absolute Gasteiger partial charge is 0.453 e. The summed E-state index contributed by atoms with van der Waals surface area (Å²) in [7, 11) is -3.91. The summed E-state index contributed by atoms with van der Waals surface area (Å²) in [4.78, 5) is 0. The fraction of sp³-hybridized carbons (Fsp3) is 0.500. The van der Waals surface area contributed by atoms with Gasteiger partial charge in [-0.25, -0.2) is 13.1 Å². The summed E-state index contributed by atoms with van der Waals surface area (Å²) in [6.45, 7) is 0. The second-order valence-electron chi connectivity index (χ2n) is 2.45. The summed E-state index contributed by atoms with van der Waals surface area (Å²) in [5.41, 5.74) is 0. The number of rotatable bonds is 1. The van der Waals surface area contributed by atoms with E-state index in [0.29, 0.717) is 6.26 Å². The first kappa shape index (κ1) is 10.8. The molecule has 6 nitrogen and oxygen atoms in total. The van der Waals surface area contributed by atoms with Gasteiger partial charge in [-0.05, 0) is 0 Å². The Morgan fingerprint density at radius 1 is 1.36 bits per heavy atom. The standard InChI is InChI=1S/C4H5F3N4O2S/c1-14(12,13)3-10-9-2(11(3)8)4(5,6)7/h8H2,1H3. The quantitative estimate of drug-likeness (QED) is 0.651. The van der Waals surface area contributed by atoms with E-state index in [1.54, 1.807) is 0 Å². The molecule has 0 unspecified atom stereocenters. The molecule has 0 radical (unpaired) electrons. The van der Waals surface area contributed by atoms with Crippen LogP contribution in [0.3, 0.4) is 0 Å². The van der Waals surface area contributed by atoms with Gasteiger partial charge in [-0.1, -0.05) is 0 Å². The summed E-state index contributed by atoms with van der Waals surface area (Å²) in [5, 5.41) is 4.54. The molecule has 0 amide bonds. The zero-order valence-corrected chi connectivity index (χ0v) is 7.59. The molecule has 0 fully saturated rings. The molecule has 0 aliphatic carbocycles. The van der Waals surface area contributed by atoms with Gasteiger partial charge in [-0.15, -0.1) is 10.2 Å². The van der Waals surface area contributed by atoms with Crippen LogP contribution in [0.15, 0.2) is 5.16 Å². The number of aromatic nitrogens is 3. The third-order valence-electron chi connectivity index (χ3n) is 1.25. The smallest absolute Gasteiger partial charge is 0.335 e. The Morgan fingerprint density at radius 3 is 2.07 bits per heavy atom. The van der Waals surface area contributed by atoms with E-state index >= 15 is 0 Å². The molecule has 0 aliphatic heterocycles. The fourth-order valence-corrected chi connectivity index (χ4v) is 1.36. The monoisotopic (exact) mass is 230 g/mol. The van der Waals surface area contributed by atoms with E-state index in [9.17, 15) is 21.6 Å². The summed E-state index contributed by atoms with van der Waals surface area (Å²) in [6, 6.07) is 0. The molecule has 1 aromatic heterocycles. The molecule has 1 rings (SSSR count). The number of nitrogens with two attached hydrogens (primary N) is 1. The average molecular weight is 230 g/mol. The van der Waals surface area contributed by atoms with Crippen LogP contribution in [-0.4, -0.2) is 29.5 Å². The van der Waals surface area contributed by atoms with Crippen molar-refractivity contribution in [2.45, 2.75) is 11.3 Å². The van der Waals surface area contributed by atoms with Crippen LogP contribution in [0, 0.1) is 0 Å². The zero-order chi connectivity index (χ0) is 11.1. The van der Waals surface area contributed by atoms with Gasteiger partial charge < -0.3 is 5.84 Å². The van der Waals surface area contributed by atoms with E-state index in [1.165, 1.54) is 0 Å². The molecule has 0 atom stereocenters. The third-order valence-corrected chi connectivity index (χ3v) is 2.19. The highest BCUT2D eigenvalue weighted by Gasteiger charge is 2.39. The van der Waals surface area contributed by atoms with Crippen LogP contribution in [0.5, 0.6) is 0 Å². The molecular weight excluding hydrogens is 225 g/mol. The lowest BCUT2D eigenvalue weighted by Crippen LogP contribution is -2.23. The van der Waals surface area contributed by atoms with Gasteiger partial charge in [0, 0.05) is 6.26 Å². The number of nitrogen functional groups attached to an aromatic ring is 1. The molecule has 1 heterocycles. The lowest BCUT2D eigenvalue weighted by molar-refractivity contribution is -0.146. The Balaban J connectivity index is 3.37. The summed E-state index contributed by atoms with van der Waals surface area (Å²) >= 11 is 0. The van der Waals surface area contributed by atoms with Gasteiger partial charge in [0.1, 0.15) is 0 Å². The third kappa shape index (κ3) is 1.78. The Labute approximate surface area is 76.4 Å². The Bertz CT molecular complexity index is 448. The fourth-order valence-electron chi connectivity index (χ4n) is 0.723. The minimum absolute atomic E-state index is 0.102. The van der Waals surface area contributed by atoms with Crippen molar-refractivity contribution in [2.24, 2.45) is 0 Å². The summed E-state index contributed by atoms with van der Waals surface area (Å²) in [5.74, 6) is 3.31. The second kappa shape index (κ2) is 2.83. The van der Waals surface area contributed by atoms with Crippen molar-refractivity contribution >= 4 is 9.84 Å². The summed E-state index contributed by atoms with van der Waals surface area (Å²) < 4.78 is 57.7. The molecule has 80 valence electrons. The SMILES string of the molecule is CS(=O)(=O)c1nnc(C(F)(F)F)n1N. The van der Waals surface area contributed by atoms with Crippen LogP contribution in [0.1, 0.15) is 5.82 Å². The molecule has 0 saturated heterocycles. The normalized spacial score (nSPS) is 13.1. The van der Waals surface area contributed by atoms with E-state index in [-0.39, 0.29) is 4.68 Å². The van der Waals surface area contributed by atoms with Gasteiger partial charge in [0.05, 0.1) is 0 Å². The van der Waals surface area contributed by atoms with Crippen LogP contribution in [-0.2, 0) is 16.0 Å². The van der Waals surface area contributed by atoms with Crippen molar-refractivity contribution < 1.29 is 21.6 Å². The van der Waals surface area contributed by atoms with E-state index in [2.05, 4.69) is 10.2 Å². The van der Waals surface area contributed by atoms with E-state index in [0.717, 1.165) is 0 Å². The molecule has 0 bridgehead atoms. The topological polar surface area (TPSA) is 90.9 Å². The Kier molecular flexibility index (Phi) is 2.18. The minimum Gasteiger partial charge on any atom is -0.335 e. The van der Waals surface area contributed by atoms with Gasteiger partial charge in [-0.2, -0.15) is 13.2 Å². The average Bonchev–Trinajstić information content (AvgIpc) is 2.26. The van der Waals surface area contributed by atoms with Gasteiger partial charge in [0.15, 0.2) is 0 Å². The van der Waals surface area contributed by atoms with Crippen molar-refractivity contribution in [3.05, 3.63) is 5.82 Å². The molecular formula is C4H5F3N4O2S. The lowest BCUT2D eigenvalue weighted by Gasteiger charge is -2.04. The predicted octanol–water partition coefficient (Wildman–Crippen LogP) is -0.586. The van der Waals surface area contributed by atoms with Crippen LogP contribution < -0.4 is 5.84 Å². The number of alkyl halides is 3. The molecule has 0 aliphatic rings. The van der Waals surface area contributed by atoms with Gasteiger partial charge in [0.25, 0.3) is 11.0 Å². The van der Waals surface area contributed by atoms with Crippen molar-refractivity contribution in [1.29, 1.82) is 0 Å². The predicted molar refractivity (Wildman–Crippen MR) is 38.3 cm³/mol. The lowest BCUT2D eigenvalue weighted by atomic mass is 10.6. The zero-order valence-electron chi connectivity index (χ0n) is 6.78. The van der Waals surface area contributed by atoms with Gasteiger partial charge >= 0.3 is 6.18 Å². The van der Waals surface area contributed by atoms with Crippen molar-refractivity contribution in [3.63, 3.8) is 0 Å². The maximum Gasteiger partial charge on any atom is 0.453 e. The van der Waals surface area contributed by atoms with Crippen molar-refractivity contribution in [3.8, 4) is 0 Å². The Morgan fingerprint density at radius 2 is 1.86 bits per heavy atom. The first-order valence-electron chi connectivity index (χ1n) is 3.12. The molecule has 10 heteroatoms. The number of halogens is 3. The highest BCUT2D eigenvalue weighted by Crippen LogP contribution is 2.27. The maximum absolute atomic E-state index is 12.1. The first-order chi connectivity index (χ1) is 6.14. The van der Waals surface area contributed by atoms with E-state index in [4.69, 9.17) is 5.84 Å². The molecule has 2 N–H and O–H groups in total. The summed E-state index contributed by atoms with van der Waals surface area (Å²) in [6.07, 6.45) is -4.15. The molecule has 0 saturated carbocycles.